The Morgan fingerprint density at radius 2 is 1.62 bits per heavy atom. The molecule has 3 nitrogen and oxygen atoms in total. The number of benzene rings is 2. The maximum absolute atomic E-state index is 13.1. The molecule has 0 aliphatic heterocycles. The summed E-state index contributed by atoms with van der Waals surface area (Å²) < 4.78 is 5.51. The molecule has 24 heavy (non-hydrogen) atoms. The van der Waals surface area contributed by atoms with Crippen LogP contribution in [0.2, 0.25) is 0 Å². The third-order valence-electron chi connectivity index (χ3n) is 4.62. The molecule has 2 aromatic rings. The van der Waals surface area contributed by atoms with E-state index < -0.39 is 11.4 Å². The molecule has 2 aromatic carbocycles. The van der Waals surface area contributed by atoms with Crippen LogP contribution in [0.3, 0.4) is 0 Å². The summed E-state index contributed by atoms with van der Waals surface area (Å²) in [6.07, 6.45) is 1.92. The molecule has 0 radical (unpaired) electrons. The molecule has 0 amide bonds. The molecule has 1 atom stereocenters. The average molecular weight is 320 g/mol. The van der Waals surface area contributed by atoms with Gasteiger partial charge in [-0.25, -0.2) is 0 Å². The highest BCUT2D eigenvalue weighted by Gasteiger charge is 2.52. The quantitative estimate of drug-likeness (QED) is 0.356. The number of rotatable bonds is 5. The number of carbonyl (C=O) groups is 2. The average Bonchev–Trinajstić information content (AvgIpc) is 3.03. The zero-order chi connectivity index (χ0) is 17.0. The molecule has 0 saturated heterocycles. The molecule has 0 spiro atoms. The first-order chi connectivity index (χ1) is 11.6. The van der Waals surface area contributed by atoms with Crippen molar-refractivity contribution in [1.82, 2.24) is 0 Å². The second-order valence-electron chi connectivity index (χ2n) is 6.12. The van der Waals surface area contributed by atoms with E-state index in [1.165, 1.54) is 0 Å². The van der Waals surface area contributed by atoms with Crippen molar-refractivity contribution in [2.75, 3.05) is 0 Å². The highest BCUT2D eigenvalue weighted by molar-refractivity contribution is 6.15. The number of hydrogen-bond acceptors (Lipinski definition) is 3. The Morgan fingerprint density at radius 3 is 2.21 bits per heavy atom. The van der Waals surface area contributed by atoms with E-state index in [0.29, 0.717) is 24.0 Å². The number of carbonyl (C=O) groups excluding carboxylic acids is 2. The largest absolute Gasteiger partial charge is 0.460 e. The standard InChI is InChI=1S/C21H20O3/c1-16-9-8-14-21(16,19(22)18-12-6-3-7-13-18)20(23)24-15-17-10-4-2-5-11-17/h2-7,10-13H,1,8-9,14-15H2. The van der Waals surface area contributed by atoms with Crippen LogP contribution in [-0.4, -0.2) is 11.8 Å². The van der Waals surface area contributed by atoms with Crippen molar-refractivity contribution in [3.8, 4) is 0 Å². The van der Waals surface area contributed by atoms with E-state index in [1.54, 1.807) is 24.3 Å². The third-order valence-corrected chi connectivity index (χ3v) is 4.62. The first-order valence-corrected chi connectivity index (χ1v) is 8.14. The zero-order valence-electron chi connectivity index (χ0n) is 13.5. The predicted molar refractivity (Wildman–Crippen MR) is 92.4 cm³/mol. The van der Waals surface area contributed by atoms with Crippen molar-refractivity contribution < 1.29 is 14.3 Å². The molecule has 1 aliphatic rings. The van der Waals surface area contributed by atoms with Crippen LogP contribution in [0.1, 0.15) is 35.2 Å². The van der Waals surface area contributed by atoms with Crippen molar-refractivity contribution in [3.05, 3.63) is 83.9 Å². The molecule has 122 valence electrons. The van der Waals surface area contributed by atoms with E-state index in [2.05, 4.69) is 6.58 Å². The SMILES string of the molecule is C=C1CCCC1(C(=O)OCc1ccccc1)C(=O)c1ccccc1. The van der Waals surface area contributed by atoms with Crippen LogP contribution in [0.25, 0.3) is 0 Å². The van der Waals surface area contributed by atoms with Crippen LogP contribution in [-0.2, 0) is 16.1 Å². The van der Waals surface area contributed by atoms with Gasteiger partial charge in [0, 0.05) is 5.56 Å². The Morgan fingerprint density at radius 1 is 1.00 bits per heavy atom. The van der Waals surface area contributed by atoms with Gasteiger partial charge in [-0.2, -0.15) is 0 Å². The number of Topliss-reactive ketones (excluding diaryl/α,β-unsaturated/α-hetero) is 1. The van der Waals surface area contributed by atoms with E-state index in [9.17, 15) is 9.59 Å². The molecule has 0 bridgehead atoms. The first kappa shape index (κ1) is 16.2. The lowest BCUT2D eigenvalue weighted by atomic mass is 9.76. The van der Waals surface area contributed by atoms with Crippen molar-refractivity contribution >= 4 is 11.8 Å². The van der Waals surface area contributed by atoms with E-state index in [1.807, 2.05) is 36.4 Å². The summed E-state index contributed by atoms with van der Waals surface area (Å²) in [5.74, 6) is -0.689. The normalized spacial score (nSPS) is 19.9. The smallest absolute Gasteiger partial charge is 0.324 e. The number of hydrogen-bond donors (Lipinski definition) is 0. The minimum absolute atomic E-state index is 0.163. The van der Waals surface area contributed by atoms with Crippen molar-refractivity contribution in [3.63, 3.8) is 0 Å². The van der Waals surface area contributed by atoms with Crippen LogP contribution in [0.5, 0.6) is 0 Å². The van der Waals surface area contributed by atoms with Gasteiger partial charge >= 0.3 is 5.97 Å². The molecule has 1 fully saturated rings. The molecule has 3 heteroatoms. The van der Waals surface area contributed by atoms with Crippen LogP contribution in [0.4, 0.5) is 0 Å². The number of esters is 1. The van der Waals surface area contributed by atoms with Gasteiger partial charge in [-0.15, -0.1) is 0 Å². The number of ether oxygens (including phenoxy) is 1. The molecule has 1 aliphatic carbocycles. The molecule has 3 rings (SSSR count). The molecule has 0 aromatic heterocycles. The summed E-state index contributed by atoms with van der Waals surface area (Å²) in [4.78, 5) is 25.9. The summed E-state index contributed by atoms with van der Waals surface area (Å²) in [6.45, 7) is 4.17. The summed E-state index contributed by atoms with van der Waals surface area (Å²) in [5.41, 5.74) is 0.847. The highest BCUT2D eigenvalue weighted by Crippen LogP contribution is 2.45. The van der Waals surface area contributed by atoms with Gasteiger partial charge in [0.15, 0.2) is 11.2 Å². The fraction of sp³-hybridized carbons (Fsp3) is 0.238. The van der Waals surface area contributed by atoms with Gasteiger partial charge in [-0.1, -0.05) is 72.8 Å². The van der Waals surface area contributed by atoms with Gasteiger partial charge in [0.05, 0.1) is 0 Å². The topological polar surface area (TPSA) is 43.4 Å². The fourth-order valence-corrected chi connectivity index (χ4v) is 3.25. The summed E-state index contributed by atoms with van der Waals surface area (Å²) >= 11 is 0. The first-order valence-electron chi connectivity index (χ1n) is 8.14. The van der Waals surface area contributed by atoms with Gasteiger partial charge in [0.25, 0.3) is 0 Å². The lowest BCUT2D eigenvalue weighted by Gasteiger charge is -2.27. The second kappa shape index (κ2) is 6.83. The Labute approximate surface area is 142 Å². The molecule has 1 saturated carbocycles. The molecular formula is C21H20O3. The summed E-state index contributed by atoms with van der Waals surface area (Å²) in [7, 11) is 0. The Hall–Kier alpha value is -2.68. The molecular weight excluding hydrogens is 300 g/mol. The van der Waals surface area contributed by atoms with Crippen LogP contribution >= 0.6 is 0 Å². The number of ketones is 1. The lowest BCUT2D eigenvalue weighted by Crippen LogP contribution is -2.39. The third kappa shape index (κ3) is 2.90. The molecule has 0 heterocycles. The Balaban J connectivity index is 1.85. The Bertz CT molecular complexity index is 749. The van der Waals surface area contributed by atoms with Crippen LogP contribution in [0.15, 0.2) is 72.8 Å². The van der Waals surface area contributed by atoms with Gasteiger partial charge in [-0.3, -0.25) is 9.59 Å². The maximum Gasteiger partial charge on any atom is 0.324 e. The van der Waals surface area contributed by atoms with Gasteiger partial charge in [0.2, 0.25) is 0 Å². The molecule has 0 N–H and O–H groups in total. The van der Waals surface area contributed by atoms with Gasteiger partial charge in [0.1, 0.15) is 6.61 Å². The predicted octanol–water partition coefficient (Wildman–Crippen LogP) is 4.34. The van der Waals surface area contributed by atoms with E-state index in [0.717, 1.165) is 12.0 Å². The van der Waals surface area contributed by atoms with Crippen LogP contribution in [0, 0.1) is 5.41 Å². The van der Waals surface area contributed by atoms with Crippen molar-refractivity contribution in [2.45, 2.75) is 25.9 Å². The lowest BCUT2D eigenvalue weighted by molar-refractivity contribution is -0.152. The minimum Gasteiger partial charge on any atom is -0.460 e. The van der Waals surface area contributed by atoms with E-state index in [4.69, 9.17) is 4.74 Å². The Kier molecular flexibility index (Phi) is 4.61. The van der Waals surface area contributed by atoms with E-state index in [-0.39, 0.29) is 12.4 Å². The summed E-state index contributed by atoms with van der Waals surface area (Å²) in [5, 5.41) is 0. The summed E-state index contributed by atoms with van der Waals surface area (Å²) in [6, 6.07) is 18.4. The fourth-order valence-electron chi connectivity index (χ4n) is 3.25. The zero-order valence-corrected chi connectivity index (χ0v) is 13.5. The minimum atomic E-state index is -1.24. The van der Waals surface area contributed by atoms with E-state index >= 15 is 0 Å². The van der Waals surface area contributed by atoms with Crippen molar-refractivity contribution in [2.24, 2.45) is 5.41 Å². The highest BCUT2D eigenvalue weighted by atomic mass is 16.5. The van der Waals surface area contributed by atoms with Crippen LogP contribution < -0.4 is 0 Å². The second-order valence-corrected chi connectivity index (χ2v) is 6.12. The van der Waals surface area contributed by atoms with Crippen molar-refractivity contribution in [1.29, 1.82) is 0 Å². The maximum atomic E-state index is 13.1. The van der Waals surface area contributed by atoms with Gasteiger partial charge in [-0.05, 0) is 24.8 Å². The van der Waals surface area contributed by atoms with Gasteiger partial charge < -0.3 is 4.74 Å². The monoisotopic (exact) mass is 320 g/mol. The molecule has 1 unspecified atom stereocenters.